The molecule has 2 N–H and O–H groups in total. The molecule has 0 aliphatic heterocycles. The SMILES string of the molecule is CN(c1nc(CNc2ccc(C(=O)NCc3ccccc3F)cc2)cs1)C1CC1. The summed E-state index contributed by atoms with van der Waals surface area (Å²) >= 11 is 1.67. The number of hydrogen-bond donors (Lipinski definition) is 2. The summed E-state index contributed by atoms with van der Waals surface area (Å²) in [4.78, 5) is 19.2. The summed E-state index contributed by atoms with van der Waals surface area (Å²) in [6, 6.07) is 14.3. The molecule has 4 rings (SSSR count). The van der Waals surface area contributed by atoms with E-state index in [-0.39, 0.29) is 18.3 Å². The molecule has 5 nitrogen and oxygen atoms in total. The molecule has 0 saturated heterocycles. The van der Waals surface area contributed by atoms with Gasteiger partial charge in [0, 0.05) is 41.8 Å². The zero-order chi connectivity index (χ0) is 20.2. The number of thiazole rings is 1. The van der Waals surface area contributed by atoms with Crippen LogP contribution in [0, 0.1) is 5.82 Å². The van der Waals surface area contributed by atoms with E-state index in [2.05, 4.69) is 32.9 Å². The molecule has 0 atom stereocenters. The molecular formula is C22H23FN4OS. The maximum absolute atomic E-state index is 13.6. The van der Waals surface area contributed by atoms with Crippen molar-refractivity contribution in [3.63, 3.8) is 0 Å². The topological polar surface area (TPSA) is 57.3 Å². The van der Waals surface area contributed by atoms with E-state index < -0.39 is 0 Å². The van der Waals surface area contributed by atoms with Gasteiger partial charge in [-0.1, -0.05) is 18.2 Å². The molecule has 1 aliphatic rings. The molecule has 29 heavy (non-hydrogen) atoms. The first-order valence-corrected chi connectivity index (χ1v) is 10.5. The lowest BCUT2D eigenvalue weighted by atomic mass is 10.1. The summed E-state index contributed by atoms with van der Waals surface area (Å²) in [5.74, 6) is -0.548. The van der Waals surface area contributed by atoms with Gasteiger partial charge in [-0.3, -0.25) is 4.79 Å². The molecule has 7 heteroatoms. The maximum atomic E-state index is 13.6. The van der Waals surface area contributed by atoms with Gasteiger partial charge in [0.05, 0.1) is 12.2 Å². The second-order valence-corrected chi connectivity index (χ2v) is 8.01. The fourth-order valence-electron chi connectivity index (χ4n) is 3.01. The number of hydrogen-bond acceptors (Lipinski definition) is 5. The van der Waals surface area contributed by atoms with Crippen LogP contribution in [0.1, 0.15) is 34.5 Å². The van der Waals surface area contributed by atoms with Crippen molar-refractivity contribution >= 4 is 28.1 Å². The monoisotopic (exact) mass is 410 g/mol. The summed E-state index contributed by atoms with van der Waals surface area (Å²) in [6.45, 7) is 0.792. The molecule has 1 aliphatic carbocycles. The third-order valence-corrected chi connectivity index (χ3v) is 5.93. The fraction of sp³-hybridized carbons (Fsp3) is 0.273. The van der Waals surface area contributed by atoms with Crippen molar-refractivity contribution in [2.75, 3.05) is 17.3 Å². The van der Waals surface area contributed by atoms with Gasteiger partial charge in [0.1, 0.15) is 5.82 Å². The van der Waals surface area contributed by atoms with E-state index in [9.17, 15) is 9.18 Å². The second kappa shape index (κ2) is 8.61. The highest BCUT2D eigenvalue weighted by molar-refractivity contribution is 7.13. The Morgan fingerprint density at radius 1 is 1.17 bits per heavy atom. The zero-order valence-corrected chi connectivity index (χ0v) is 17.0. The second-order valence-electron chi connectivity index (χ2n) is 7.17. The zero-order valence-electron chi connectivity index (χ0n) is 16.2. The van der Waals surface area contributed by atoms with E-state index in [1.165, 1.54) is 18.9 Å². The smallest absolute Gasteiger partial charge is 0.251 e. The van der Waals surface area contributed by atoms with E-state index in [0.29, 0.717) is 23.7 Å². The average Bonchev–Trinajstić information content (AvgIpc) is 3.49. The van der Waals surface area contributed by atoms with Crippen LogP contribution in [0.2, 0.25) is 0 Å². The first-order valence-electron chi connectivity index (χ1n) is 9.63. The maximum Gasteiger partial charge on any atom is 0.251 e. The minimum Gasteiger partial charge on any atom is -0.379 e. The van der Waals surface area contributed by atoms with Crippen molar-refractivity contribution < 1.29 is 9.18 Å². The van der Waals surface area contributed by atoms with Gasteiger partial charge >= 0.3 is 0 Å². The number of carbonyl (C=O) groups excluding carboxylic acids is 1. The van der Waals surface area contributed by atoms with Crippen molar-refractivity contribution in [1.82, 2.24) is 10.3 Å². The Morgan fingerprint density at radius 3 is 2.66 bits per heavy atom. The van der Waals surface area contributed by atoms with Gasteiger partial charge in [-0.2, -0.15) is 0 Å². The van der Waals surface area contributed by atoms with Gasteiger partial charge in [-0.15, -0.1) is 11.3 Å². The molecule has 0 spiro atoms. The lowest BCUT2D eigenvalue weighted by molar-refractivity contribution is 0.0950. The Hall–Kier alpha value is -2.93. The van der Waals surface area contributed by atoms with Crippen LogP contribution in [0.25, 0.3) is 0 Å². The molecule has 0 bridgehead atoms. The standard InChI is InChI=1S/C22H23FN4OS/c1-27(19-10-11-19)22-26-18(14-29-22)13-24-17-8-6-15(7-9-17)21(28)25-12-16-4-2-3-5-20(16)23/h2-9,14,19,24H,10-13H2,1H3,(H,25,28). The summed E-state index contributed by atoms with van der Waals surface area (Å²) in [6.07, 6.45) is 2.51. The van der Waals surface area contributed by atoms with Gasteiger partial charge in [-0.05, 0) is 43.2 Å². The number of anilines is 2. The number of nitrogens with zero attached hydrogens (tertiary/aromatic N) is 2. The summed E-state index contributed by atoms with van der Waals surface area (Å²) in [5, 5.41) is 9.22. The Labute approximate surface area is 173 Å². The molecule has 1 heterocycles. The number of rotatable bonds is 8. The number of aromatic nitrogens is 1. The molecule has 2 aromatic carbocycles. The summed E-state index contributed by atoms with van der Waals surface area (Å²) in [5.41, 5.74) is 2.92. The quantitative estimate of drug-likeness (QED) is 0.577. The Balaban J connectivity index is 1.28. The molecule has 1 aromatic heterocycles. The van der Waals surface area contributed by atoms with Crippen LogP contribution in [0.15, 0.2) is 53.9 Å². The van der Waals surface area contributed by atoms with Crippen LogP contribution in [-0.4, -0.2) is 24.0 Å². The third-order valence-electron chi connectivity index (χ3n) is 4.95. The molecule has 1 saturated carbocycles. The Kier molecular flexibility index (Phi) is 5.76. The predicted molar refractivity (Wildman–Crippen MR) is 115 cm³/mol. The minimum absolute atomic E-state index is 0.160. The minimum atomic E-state index is -0.319. The largest absolute Gasteiger partial charge is 0.379 e. The van der Waals surface area contributed by atoms with Gasteiger partial charge in [0.2, 0.25) is 0 Å². The van der Waals surface area contributed by atoms with Crippen molar-refractivity contribution in [3.05, 3.63) is 76.5 Å². The molecular weight excluding hydrogens is 387 g/mol. The van der Waals surface area contributed by atoms with Crippen molar-refractivity contribution in [3.8, 4) is 0 Å². The van der Waals surface area contributed by atoms with Crippen molar-refractivity contribution in [2.45, 2.75) is 32.0 Å². The van der Waals surface area contributed by atoms with Crippen LogP contribution >= 0.6 is 11.3 Å². The van der Waals surface area contributed by atoms with E-state index in [0.717, 1.165) is 16.5 Å². The Morgan fingerprint density at radius 2 is 1.93 bits per heavy atom. The lowest BCUT2D eigenvalue weighted by Crippen LogP contribution is -2.23. The first-order chi connectivity index (χ1) is 14.1. The van der Waals surface area contributed by atoms with E-state index in [1.54, 1.807) is 41.7 Å². The van der Waals surface area contributed by atoms with E-state index in [4.69, 9.17) is 0 Å². The van der Waals surface area contributed by atoms with Gasteiger partial charge < -0.3 is 15.5 Å². The number of nitrogens with one attached hydrogen (secondary N) is 2. The van der Waals surface area contributed by atoms with Crippen LogP contribution in [0.5, 0.6) is 0 Å². The molecule has 0 radical (unpaired) electrons. The first kappa shape index (κ1) is 19.4. The van der Waals surface area contributed by atoms with Crippen LogP contribution in [0.3, 0.4) is 0 Å². The predicted octanol–water partition coefficient (Wildman–Crippen LogP) is 4.42. The van der Waals surface area contributed by atoms with Crippen LogP contribution in [-0.2, 0) is 13.1 Å². The highest BCUT2D eigenvalue weighted by atomic mass is 32.1. The van der Waals surface area contributed by atoms with E-state index >= 15 is 0 Å². The molecule has 3 aromatic rings. The Bertz CT molecular complexity index is 984. The molecule has 1 amide bonds. The molecule has 150 valence electrons. The van der Waals surface area contributed by atoms with E-state index in [1.807, 2.05) is 12.1 Å². The van der Waals surface area contributed by atoms with Gasteiger partial charge in [0.15, 0.2) is 5.13 Å². The summed E-state index contributed by atoms with van der Waals surface area (Å²) < 4.78 is 13.6. The van der Waals surface area contributed by atoms with Crippen LogP contribution in [0.4, 0.5) is 15.2 Å². The lowest BCUT2D eigenvalue weighted by Gasteiger charge is -2.13. The summed E-state index contributed by atoms with van der Waals surface area (Å²) in [7, 11) is 2.10. The number of amides is 1. The van der Waals surface area contributed by atoms with Crippen molar-refractivity contribution in [1.29, 1.82) is 0 Å². The fourth-order valence-corrected chi connectivity index (χ4v) is 3.87. The number of benzene rings is 2. The molecule has 0 unspecified atom stereocenters. The highest BCUT2D eigenvalue weighted by Gasteiger charge is 2.27. The van der Waals surface area contributed by atoms with Crippen LogP contribution < -0.4 is 15.5 Å². The highest BCUT2D eigenvalue weighted by Crippen LogP contribution is 2.32. The normalized spacial score (nSPS) is 13.2. The molecule has 1 fully saturated rings. The van der Waals surface area contributed by atoms with Gasteiger partial charge in [0.25, 0.3) is 5.91 Å². The van der Waals surface area contributed by atoms with Gasteiger partial charge in [-0.25, -0.2) is 9.37 Å². The third kappa shape index (κ3) is 4.92. The average molecular weight is 411 g/mol. The number of halogens is 1. The van der Waals surface area contributed by atoms with Crippen molar-refractivity contribution in [2.24, 2.45) is 0 Å². The number of carbonyl (C=O) groups is 1.